The summed E-state index contributed by atoms with van der Waals surface area (Å²) in [6.07, 6.45) is 24.7. The second-order valence-electron chi connectivity index (χ2n) is 6.96. The van der Waals surface area contributed by atoms with Crippen LogP contribution in [0, 0.1) is 0 Å². The topological polar surface area (TPSA) is 119 Å². The fourth-order valence-corrected chi connectivity index (χ4v) is 2.66. The highest BCUT2D eigenvalue weighted by Gasteiger charge is 2.22. The van der Waals surface area contributed by atoms with Gasteiger partial charge in [0.1, 0.15) is 6.61 Å². The minimum Gasteiger partial charge on any atom is -0.461 e. The lowest BCUT2D eigenvalue weighted by molar-refractivity contribution is -0.160. The van der Waals surface area contributed by atoms with Crippen LogP contribution in [0.2, 0.25) is 0 Å². The molecule has 0 aliphatic heterocycles. The summed E-state index contributed by atoms with van der Waals surface area (Å²) in [5.74, 6) is -1.19. The number of carbonyl (C=O) groups is 2. The number of esters is 2. The number of allylic oxidation sites excluding steroid dienone is 10. The van der Waals surface area contributed by atoms with Gasteiger partial charge < -0.3 is 19.3 Å². The maximum atomic E-state index is 12.0. The second kappa shape index (κ2) is 21.1. The van der Waals surface area contributed by atoms with Crippen molar-refractivity contribution in [3.8, 4) is 0 Å². The Morgan fingerprint density at radius 1 is 0.706 bits per heavy atom. The molecule has 0 amide bonds. The Kier molecular flexibility index (Phi) is 19.5. The van der Waals surface area contributed by atoms with Crippen LogP contribution >= 0.6 is 7.82 Å². The minimum atomic E-state index is -4.77. The van der Waals surface area contributed by atoms with Crippen molar-refractivity contribution in [1.29, 1.82) is 0 Å². The van der Waals surface area contributed by atoms with Crippen molar-refractivity contribution in [2.24, 2.45) is 0 Å². The van der Waals surface area contributed by atoms with Gasteiger partial charge in [0, 0.05) is 0 Å². The predicted molar refractivity (Wildman–Crippen MR) is 133 cm³/mol. The molecule has 0 aromatic rings. The quantitative estimate of drug-likeness (QED) is 0.150. The van der Waals surface area contributed by atoms with Crippen molar-refractivity contribution >= 4 is 19.8 Å². The Hall–Kier alpha value is -2.51. The Morgan fingerprint density at radius 3 is 1.62 bits per heavy atom. The number of rotatable bonds is 18. The van der Waals surface area contributed by atoms with Crippen molar-refractivity contribution in [2.45, 2.75) is 58.5 Å². The van der Waals surface area contributed by atoms with E-state index in [-0.39, 0.29) is 19.4 Å². The summed E-state index contributed by atoms with van der Waals surface area (Å²) in [5, 5.41) is 0. The molecule has 0 aliphatic rings. The average molecular weight is 497 g/mol. The van der Waals surface area contributed by atoms with Gasteiger partial charge in [0.05, 0.1) is 19.4 Å². The molecule has 0 aromatic carbocycles. The molecule has 2 N–H and O–H groups in total. The van der Waals surface area contributed by atoms with Crippen LogP contribution in [0.1, 0.15) is 52.4 Å². The number of hydrogen-bond acceptors (Lipinski definition) is 6. The van der Waals surface area contributed by atoms with Crippen LogP contribution in [0.15, 0.2) is 72.9 Å². The molecule has 0 aromatic heterocycles. The Morgan fingerprint density at radius 2 is 1.15 bits per heavy atom. The van der Waals surface area contributed by atoms with E-state index in [1.165, 1.54) is 0 Å². The minimum absolute atomic E-state index is 0.0209. The summed E-state index contributed by atoms with van der Waals surface area (Å²) in [5.41, 5.74) is 0. The first-order chi connectivity index (χ1) is 16.3. The Labute approximate surface area is 202 Å². The van der Waals surface area contributed by atoms with Crippen LogP contribution in [0.5, 0.6) is 0 Å². The number of phosphoric ester groups is 1. The molecule has 9 heteroatoms. The Balaban J connectivity index is 4.48. The van der Waals surface area contributed by atoms with Crippen molar-refractivity contribution < 1.29 is 37.9 Å². The van der Waals surface area contributed by atoms with Gasteiger partial charge in [0.2, 0.25) is 0 Å². The maximum absolute atomic E-state index is 12.0. The normalized spacial score (nSPS) is 13.9. The molecule has 8 nitrogen and oxygen atoms in total. The zero-order valence-corrected chi connectivity index (χ0v) is 20.8. The zero-order chi connectivity index (χ0) is 25.5. The highest BCUT2D eigenvalue weighted by Crippen LogP contribution is 2.35. The van der Waals surface area contributed by atoms with Crippen molar-refractivity contribution in [2.75, 3.05) is 13.2 Å². The molecule has 0 saturated heterocycles. The third kappa shape index (κ3) is 22.7. The first-order valence-corrected chi connectivity index (χ1v) is 12.7. The van der Waals surface area contributed by atoms with E-state index in [1.807, 2.05) is 68.5 Å². The van der Waals surface area contributed by atoms with E-state index in [1.54, 1.807) is 18.2 Å². The molecule has 0 unspecified atom stereocenters. The Bertz CT molecular complexity index is 787. The first-order valence-electron chi connectivity index (χ1n) is 11.2. The van der Waals surface area contributed by atoms with E-state index < -0.39 is 32.5 Å². The van der Waals surface area contributed by atoms with E-state index in [0.717, 1.165) is 12.8 Å². The SMILES string of the molecule is CC=CCC=CCC=CCC(=O)OC[C@H](COP(=O)(O)O)OC(=O)CC=CCC=CCC=CC. The number of carbonyl (C=O) groups excluding carboxylic acids is 2. The number of ether oxygens (including phenoxy) is 2. The smallest absolute Gasteiger partial charge is 0.461 e. The molecule has 0 spiro atoms. The van der Waals surface area contributed by atoms with E-state index in [2.05, 4.69) is 4.52 Å². The summed E-state index contributed by atoms with van der Waals surface area (Å²) in [4.78, 5) is 41.7. The first kappa shape index (κ1) is 31.5. The van der Waals surface area contributed by atoms with Gasteiger partial charge >= 0.3 is 19.8 Å². The fraction of sp³-hybridized carbons (Fsp3) is 0.440. The van der Waals surface area contributed by atoms with Gasteiger partial charge in [-0.1, -0.05) is 72.9 Å². The zero-order valence-electron chi connectivity index (χ0n) is 20.0. The van der Waals surface area contributed by atoms with E-state index in [4.69, 9.17) is 19.3 Å². The summed E-state index contributed by atoms with van der Waals surface area (Å²) in [6, 6.07) is 0. The summed E-state index contributed by atoms with van der Waals surface area (Å²) in [6.45, 7) is 2.92. The molecule has 0 fully saturated rings. The van der Waals surface area contributed by atoms with Crippen molar-refractivity contribution in [1.82, 2.24) is 0 Å². The standard InChI is InChI=1S/C25H37O8P/c1-3-5-7-9-11-13-15-17-19-24(26)31-21-23(22-32-34(28,29)30)33-25(27)20-18-16-14-12-10-8-6-4-2/h3-6,9-12,15-18,23H,7-8,13-14,19-22H2,1-2H3,(H2,28,29,30)/t23-/m1/s1. The van der Waals surface area contributed by atoms with Gasteiger partial charge in [-0.05, 0) is 39.5 Å². The van der Waals surface area contributed by atoms with Gasteiger partial charge in [-0.15, -0.1) is 0 Å². The van der Waals surface area contributed by atoms with E-state index in [9.17, 15) is 14.2 Å². The highest BCUT2D eigenvalue weighted by atomic mass is 31.2. The monoisotopic (exact) mass is 496 g/mol. The summed E-state index contributed by atoms with van der Waals surface area (Å²) < 4.78 is 25.6. The maximum Gasteiger partial charge on any atom is 0.469 e. The lowest BCUT2D eigenvalue weighted by Crippen LogP contribution is -2.29. The van der Waals surface area contributed by atoms with Gasteiger partial charge in [0.25, 0.3) is 0 Å². The molecule has 34 heavy (non-hydrogen) atoms. The predicted octanol–water partition coefficient (Wildman–Crippen LogP) is 5.27. The molecular weight excluding hydrogens is 459 g/mol. The third-order valence-electron chi connectivity index (χ3n) is 3.95. The van der Waals surface area contributed by atoms with Gasteiger partial charge in [0.15, 0.2) is 6.10 Å². The lowest BCUT2D eigenvalue weighted by Gasteiger charge is -2.18. The van der Waals surface area contributed by atoms with Crippen molar-refractivity contribution in [3.05, 3.63) is 72.9 Å². The molecule has 0 radical (unpaired) electrons. The fourth-order valence-electron chi connectivity index (χ4n) is 2.30. The van der Waals surface area contributed by atoms with Crippen molar-refractivity contribution in [3.63, 3.8) is 0 Å². The molecule has 0 aliphatic carbocycles. The molecule has 0 saturated carbocycles. The van der Waals surface area contributed by atoms with E-state index >= 15 is 0 Å². The molecule has 0 rings (SSSR count). The molecule has 0 bridgehead atoms. The van der Waals surface area contributed by atoms with Crippen LogP contribution in [-0.2, 0) is 28.2 Å². The lowest BCUT2D eigenvalue weighted by atomic mass is 10.2. The summed E-state index contributed by atoms with van der Waals surface area (Å²) >= 11 is 0. The number of phosphoric acid groups is 1. The number of hydrogen-bond donors (Lipinski definition) is 2. The average Bonchev–Trinajstić information content (AvgIpc) is 2.78. The van der Waals surface area contributed by atoms with Crippen LogP contribution in [0.3, 0.4) is 0 Å². The highest BCUT2D eigenvalue weighted by molar-refractivity contribution is 7.46. The van der Waals surface area contributed by atoms with Gasteiger partial charge in [-0.3, -0.25) is 14.1 Å². The third-order valence-corrected chi connectivity index (χ3v) is 4.44. The van der Waals surface area contributed by atoms with Crippen LogP contribution in [0.25, 0.3) is 0 Å². The molecule has 190 valence electrons. The van der Waals surface area contributed by atoms with Crippen LogP contribution in [0.4, 0.5) is 0 Å². The van der Waals surface area contributed by atoms with Crippen LogP contribution in [-0.4, -0.2) is 41.0 Å². The summed E-state index contributed by atoms with van der Waals surface area (Å²) in [7, 11) is -4.77. The van der Waals surface area contributed by atoms with Gasteiger partial charge in [-0.25, -0.2) is 4.57 Å². The van der Waals surface area contributed by atoms with Gasteiger partial charge in [-0.2, -0.15) is 0 Å². The molecule has 1 atom stereocenters. The largest absolute Gasteiger partial charge is 0.469 e. The second-order valence-corrected chi connectivity index (χ2v) is 8.20. The van der Waals surface area contributed by atoms with E-state index in [0.29, 0.717) is 12.8 Å². The molecular formula is C25H37O8P. The molecule has 0 heterocycles. The van der Waals surface area contributed by atoms with Crippen LogP contribution < -0.4 is 0 Å².